The second-order valence-corrected chi connectivity index (χ2v) is 9.68. The number of nitrogens with zero attached hydrogens (tertiary/aromatic N) is 1. The number of carbonyl (C=O) groups excluding carboxylic acids is 1. The van der Waals surface area contributed by atoms with Crippen LogP contribution in [0.3, 0.4) is 0 Å². The van der Waals surface area contributed by atoms with E-state index in [0.717, 1.165) is 16.8 Å². The molecule has 0 fully saturated rings. The van der Waals surface area contributed by atoms with Crippen molar-refractivity contribution in [1.82, 2.24) is 4.98 Å². The number of H-pyrrole nitrogens is 1. The Balaban J connectivity index is 1.26. The highest BCUT2D eigenvalue weighted by molar-refractivity contribution is 7.07. The average molecular weight is 499 g/mol. The molecule has 1 aliphatic heterocycles. The monoisotopic (exact) mass is 498 g/mol. The number of benzene rings is 3. The van der Waals surface area contributed by atoms with Gasteiger partial charge in [-0.1, -0.05) is 61.2 Å². The summed E-state index contributed by atoms with van der Waals surface area (Å²) in [5.74, 6) is 0.664. The predicted octanol–water partition coefficient (Wildman–Crippen LogP) is 3.51. The quantitative estimate of drug-likeness (QED) is 0.395. The number of anilines is 1. The Bertz CT molecular complexity index is 1530. The van der Waals surface area contributed by atoms with Gasteiger partial charge in [0.15, 0.2) is 5.78 Å². The molecule has 7 heteroatoms. The van der Waals surface area contributed by atoms with Crippen LogP contribution in [0, 0.1) is 0 Å². The summed E-state index contributed by atoms with van der Waals surface area (Å²) in [4.78, 5) is 30.1. The Morgan fingerprint density at radius 3 is 2.42 bits per heavy atom. The molecule has 5 rings (SSSR count). The Morgan fingerprint density at radius 1 is 0.972 bits per heavy atom. The molecule has 2 heterocycles. The first kappa shape index (κ1) is 23.8. The van der Waals surface area contributed by atoms with E-state index in [-0.39, 0.29) is 24.0 Å². The number of hydrogen-bond acceptors (Lipinski definition) is 6. The van der Waals surface area contributed by atoms with E-state index in [4.69, 9.17) is 9.47 Å². The number of hydrogen-bond donors (Lipinski definition) is 1. The van der Waals surface area contributed by atoms with Gasteiger partial charge >= 0.3 is 0 Å². The molecule has 0 bridgehead atoms. The van der Waals surface area contributed by atoms with E-state index in [0.29, 0.717) is 27.1 Å². The fourth-order valence-corrected chi connectivity index (χ4v) is 5.24. The number of carbonyl (C=O) groups is 1. The summed E-state index contributed by atoms with van der Waals surface area (Å²) in [5, 5.41) is 0. The van der Waals surface area contributed by atoms with Gasteiger partial charge < -0.3 is 19.4 Å². The number of rotatable bonds is 7. The maximum Gasteiger partial charge on any atom is 0.266 e. The summed E-state index contributed by atoms with van der Waals surface area (Å²) in [7, 11) is 2.00. The Hall–Kier alpha value is -3.94. The molecular formula is C29H26N2O4S. The van der Waals surface area contributed by atoms with Gasteiger partial charge in [0.25, 0.3) is 5.56 Å². The number of Topliss-reactive ketones (excluding diaryl/α,β-unsaturated/α-hetero) is 1. The normalized spacial score (nSPS) is 17.8. The van der Waals surface area contributed by atoms with Gasteiger partial charge in [0.2, 0.25) is 0 Å². The third kappa shape index (κ3) is 4.89. The highest BCUT2D eigenvalue weighted by Crippen LogP contribution is 2.38. The molecule has 0 aliphatic carbocycles. The second kappa shape index (κ2) is 10.4. The highest BCUT2D eigenvalue weighted by atomic mass is 32.1. The summed E-state index contributed by atoms with van der Waals surface area (Å²) in [6, 6.07) is 24.8. The van der Waals surface area contributed by atoms with E-state index < -0.39 is 6.10 Å². The van der Waals surface area contributed by atoms with Crippen molar-refractivity contribution in [3.05, 3.63) is 115 Å². The Labute approximate surface area is 212 Å². The van der Waals surface area contributed by atoms with Gasteiger partial charge in [0.05, 0.1) is 21.8 Å². The molecule has 4 aromatic rings. The van der Waals surface area contributed by atoms with Crippen molar-refractivity contribution in [2.24, 2.45) is 0 Å². The maximum atomic E-state index is 13.4. The van der Waals surface area contributed by atoms with Crippen molar-refractivity contribution in [3.63, 3.8) is 0 Å². The van der Waals surface area contributed by atoms with Crippen LogP contribution in [0.5, 0.6) is 5.75 Å². The molecule has 1 aliphatic rings. The smallest absolute Gasteiger partial charge is 0.266 e. The van der Waals surface area contributed by atoms with E-state index in [1.807, 2.05) is 92.0 Å². The fourth-order valence-electron chi connectivity index (χ4n) is 4.49. The molecule has 36 heavy (non-hydrogen) atoms. The lowest BCUT2D eigenvalue weighted by molar-refractivity contribution is 0.0174. The van der Waals surface area contributed by atoms with Crippen molar-refractivity contribution in [2.75, 3.05) is 25.2 Å². The summed E-state index contributed by atoms with van der Waals surface area (Å²) in [6.07, 6.45) is 1.17. The zero-order chi connectivity index (χ0) is 25.1. The first-order chi connectivity index (χ1) is 17.5. The minimum atomic E-state index is -0.644. The molecule has 0 saturated heterocycles. The molecule has 0 spiro atoms. The van der Waals surface area contributed by atoms with Gasteiger partial charge in [-0.2, -0.15) is 0 Å². The first-order valence-corrected chi connectivity index (χ1v) is 12.5. The second-order valence-electron chi connectivity index (χ2n) is 8.54. The number of para-hydroxylation sites is 1. The summed E-state index contributed by atoms with van der Waals surface area (Å²) < 4.78 is 13.3. The number of fused-ring (bicyclic) bond motifs is 1. The van der Waals surface area contributed by atoms with Crippen LogP contribution < -0.4 is 24.4 Å². The van der Waals surface area contributed by atoms with Gasteiger partial charge in [-0.3, -0.25) is 9.59 Å². The van der Waals surface area contributed by atoms with Gasteiger partial charge in [-0.15, -0.1) is 11.3 Å². The minimum Gasteiger partial charge on any atom is -0.491 e. The van der Waals surface area contributed by atoms with E-state index in [1.54, 1.807) is 0 Å². The SMILES string of the molecule is C=c1[nH]c(=O)/c(=C\c2ccc(OCCOC3C(=O)c4ccccc4N(C)C3c3ccccc3)cc2)s1. The molecule has 2 unspecified atom stereocenters. The van der Waals surface area contributed by atoms with Crippen LogP contribution in [0.4, 0.5) is 5.69 Å². The predicted molar refractivity (Wildman–Crippen MR) is 143 cm³/mol. The standard InChI is InChI=1S/C29H26N2O4S/c1-19-30-29(33)25(36-19)18-20-12-14-22(15-13-20)34-16-17-35-28-26(21-8-4-3-5-9-21)31(2)24-11-7-6-10-23(24)27(28)32/h3-15,18,26,28H,1,16-17H2,2H3,(H,30,33)/b25-18+. The lowest BCUT2D eigenvalue weighted by atomic mass is 9.88. The van der Waals surface area contributed by atoms with Crippen LogP contribution >= 0.6 is 11.3 Å². The minimum absolute atomic E-state index is 0.0218. The summed E-state index contributed by atoms with van der Waals surface area (Å²) in [6.45, 7) is 4.33. The molecule has 6 nitrogen and oxygen atoms in total. The van der Waals surface area contributed by atoms with Crippen LogP contribution in [0.1, 0.15) is 27.5 Å². The maximum absolute atomic E-state index is 13.4. The van der Waals surface area contributed by atoms with Crippen LogP contribution in [0.15, 0.2) is 83.7 Å². The molecule has 0 radical (unpaired) electrons. The Morgan fingerprint density at radius 2 is 1.69 bits per heavy atom. The van der Waals surface area contributed by atoms with Crippen LogP contribution in [0.25, 0.3) is 12.7 Å². The molecule has 1 aromatic heterocycles. The van der Waals surface area contributed by atoms with Crippen molar-refractivity contribution in [3.8, 4) is 5.75 Å². The van der Waals surface area contributed by atoms with Crippen LogP contribution in [0.2, 0.25) is 0 Å². The Kier molecular flexibility index (Phi) is 6.84. The largest absolute Gasteiger partial charge is 0.491 e. The molecule has 0 saturated carbocycles. The number of likely N-dealkylation sites (N-methyl/N-ethyl adjacent to an activating group) is 1. The molecular weight excluding hydrogens is 472 g/mol. The van der Waals surface area contributed by atoms with Crippen LogP contribution in [-0.2, 0) is 4.74 Å². The molecule has 3 aromatic carbocycles. The van der Waals surface area contributed by atoms with Crippen molar-refractivity contribution in [1.29, 1.82) is 0 Å². The third-order valence-electron chi connectivity index (χ3n) is 6.19. The zero-order valence-electron chi connectivity index (χ0n) is 19.8. The molecule has 182 valence electrons. The highest BCUT2D eigenvalue weighted by Gasteiger charge is 2.40. The van der Waals surface area contributed by atoms with Crippen molar-refractivity contribution in [2.45, 2.75) is 12.1 Å². The average Bonchev–Trinajstić information content (AvgIpc) is 3.22. The lowest BCUT2D eigenvalue weighted by Gasteiger charge is -2.40. The fraction of sp³-hybridized carbons (Fsp3) is 0.172. The topological polar surface area (TPSA) is 71.6 Å². The number of aromatic amines is 1. The van der Waals surface area contributed by atoms with Gasteiger partial charge in [-0.25, -0.2) is 0 Å². The number of ether oxygens (including phenoxy) is 2. The number of aromatic nitrogens is 1. The van der Waals surface area contributed by atoms with E-state index >= 15 is 0 Å². The van der Waals surface area contributed by atoms with Crippen LogP contribution in [-0.4, -0.2) is 37.1 Å². The van der Waals surface area contributed by atoms with Gasteiger partial charge in [0, 0.05) is 18.3 Å². The first-order valence-electron chi connectivity index (χ1n) is 11.7. The molecule has 1 N–H and O–H groups in total. The number of ketones is 1. The van der Waals surface area contributed by atoms with Gasteiger partial charge in [-0.05, 0) is 41.5 Å². The van der Waals surface area contributed by atoms with E-state index in [2.05, 4.69) is 16.5 Å². The van der Waals surface area contributed by atoms with E-state index in [9.17, 15) is 9.59 Å². The zero-order valence-corrected chi connectivity index (χ0v) is 20.7. The third-order valence-corrected chi connectivity index (χ3v) is 7.06. The number of nitrogens with one attached hydrogen (secondary N) is 1. The van der Waals surface area contributed by atoms with Gasteiger partial charge in [0.1, 0.15) is 18.5 Å². The van der Waals surface area contributed by atoms with Crippen molar-refractivity contribution >= 4 is 35.5 Å². The molecule has 0 amide bonds. The summed E-state index contributed by atoms with van der Waals surface area (Å²) >= 11 is 1.32. The van der Waals surface area contributed by atoms with Crippen molar-refractivity contribution < 1.29 is 14.3 Å². The molecule has 2 atom stereocenters. The van der Waals surface area contributed by atoms with E-state index in [1.165, 1.54) is 11.3 Å². The number of thiazole rings is 1. The lowest BCUT2D eigenvalue weighted by Crippen LogP contribution is -2.45. The summed E-state index contributed by atoms with van der Waals surface area (Å²) in [5.41, 5.74) is 3.35.